The van der Waals surface area contributed by atoms with Crippen LogP contribution < -0.4 is 4.74 Å². The lowest BCUT2D eigenvalue weighted by atomic mass is 9.79. The topological polar surface area (TPSA) is 29.5 Å². The molecule has 1 aromatic carbocycles. The van der Waals surface area contributed by atoms with Gasteiger partial charge >= 0.3 is 0 Å². The van der Waals surface area contributed by atoms with Gasteiger partial charge in [-0.25, -0.2) is 0 Å². The largest absolute Gasteiger partial charge is 0.493 e. The first kappa shape index (κ1) is 12.2. The van der Waals surface area contributed by atoms with Crippen molar-refractivity contribution in [2.75, 3.05) is 13.2 Å². The van der Waals surface area contributed by atoms with E-state index in [1.165, 1.54) is 11.1 Å². The molecule has 0 spiro atoms. The molecule has 0 amide bonds. The van der Waals surface area contributed by atoms with Crippen molar-refractivity contribution >= 4 is 0 Å². The van der Waals surface area contributed by atoms with Crippen LogP contribution in [-0.2, 0) is 11.8 Å². The number of allylic oxidation sites excluding steroid dienone is 1. The van der Waals surface area contributed by atoms with Crippen molar-refractivity contribution in [3.8, 4) is 5.75 Å². The van der Waals surface area contributed by atoms with Gasteiger partial charge in [-0.3, -0.25) is 0 Å². The fraction of sp³-hybridized carbons (Fsp3) is 0.467. The summed E-state index contributed by atoms with van der Waals surface area (Å²) in [5.41, 5.74) is 2.77. The molecule has 2 rings (SSSR count). The molecular weight excluding hydrogens is 212 g/mol. The van der Waals surface area contributed by atoms with E-state index in [9.17, 15) is 0 Å². The Morgan fingerprint density at radius 2 is 2.18 bits per heavy atom. The van der Waals surface area contributed by atoms with E-state index >= 15 is 0 Å². The van der Waals surface area contributed by atoms with Gasteiger partial charge < -0.3 is 9.84 Å². The smallest absolute Gasteiger partial charge is 0.123 e. The Bertz CT molecular complexity index is 419. The molecule has 0 saturated heterocycles. The standard InChI is InChI=1S/C15H20O2/c1-15(2)8-10-17-14-7-6-12(11-13(14)15)5-3-4-9-16/h3-4,6-7,11,16H,5,8-10H2,1-2H3/b4-3-. The summed E-state index contributed by atoms with van der Waals surface area (Å²) in [6, 6.07) is 6.40. The first-order chi connectivity index (χ1) is 8.13. The molecule has 1 aliphatic heterocycles. The minimum Gasteiger partial charge on any atom is -0.493 e. The first-order valence-electron chi connectivity index (χ1n) is 6.15. The summed E-state index contributed by atoms with van der Waals surface area (Å²) in [4.78, 5) is 0. The van der Waals surface area contributed by atoms with Gasteiger partial charge in [-0.1, -0.05) is 38.1 Å². The molecule has 1 N–H and O–H groups in total. The second kappa shape index (κ2) is 4.92. The van der Waals surface area contributed by atoms with Crippen LogP contribution in [0, 0.1) is 0 Å². The third kappa shape index (κ3) is 2.70. The zero-order valence-electron chi connectivity index (χ0n) is 10.6. The van der Waals surface area contributed by atoms with Gasteiger partial charge in [0.15, 0.2) is 0 Å². The Labute approximate surface area is 103 Å². The zero-order chi connectivity index (χ0) is 12.3. The molecule has 0 unspecified atom stereocenters. The lowest BCUT2D eigenvalue weighted by Gasteiger charge is -2.32. The van der Waals surface area contributed by atoms with Gasteiger partial charge in [-0.05, 0) is 29.9 Å². The summed E-state index contributed by atoms with van der Waals surface area (Å²) in [7, 11) is 0. The molecule has 0 bridgehead atoms. The number of aliphatic hydroxyl groups is 1. The van der Waals surface area contributed by atoms with Crippen LogP contribution in [0.3, 0.4) is 0 Å². The van der Waals surface area contributed by atoms with E-state index in [1.807, 2.05) is 6.08 Å². The highest BCUT2D eigenvalue weighted by atomic mass is 16.5. The molecule has 2 nitrogen and oxygen atoms in total. The molecular formula is C15H20O2. The van der Waals surface area contributed by atoms with Gasteiger partial charge in [-0.15, -0.1) is 0 Å². The monoisotopic (exact) mass is 232 g/mol. The van der Waals surface area contributed by atoms with Crippen molar-refractivity contribution in [2.45, 2.75) is 32.1 Å². The molecule has 0 aromatic heterocycles. The number of rotatable bonds is 3. The summed E-state index contributed by atoms with van der Waals surface area (Å²) < 4.78 is 5.68. The van der Waals surface area contributed by atoms with Crippen molar-refractivity contribution in [3.63, 3.8) is 0 Å². The number of hydrogen-bond acceptors (Lipinski definition) is 2. The maximum atomic E-state index is 8.71. The van der Waals surface area contributed by atoms with Crippen LogP contribution in [0.4, 0.5) is 0 Å². The Morgan fingerprint density at radius 3 is 2.94 bits per heavy atom. The molecule has 2 heteroatoms. The maximum Gasteiger partial charge on any atom is 0.123 e. The molecule has 0 atom stereocenters. The number of aliphatic hydroxyl groups excluding tert-OH is 1. The van der Waals surface area contributed by atoms with Gasteiger partial charge in [0.1, 0.15) is 5.75 Å². The van der Waals surface area contributed by atoms with Gasteiger partial charge in [0.05, 0.1) is 13.2 Å². The minimum atomic E-state index is 0.111. The lowest BCUT2D eigenvalue weighted by Crippen LogP contribution is -2.26. The fourth-order valence-corrected chi connectivity index (χ4v) is 2.20. The average Bonchev–Trinajstić information content (AvgIpc) is 2.30. The second-order valence-corrected chi connectivity index (χ2v) is 5.17. The SMILES string of the molecule is CC1(C)CCOc2ccc(C/C=C\CO)cc21. The number of ether oxygens (including phenoxy) is 1. The van der Waals surface area contributed by atoms with E-state index in [2.05, 4.69) is 32.0 Å². The highest BCUT2D eigenvalue weighted by molar-refractivity contribution is 5.43. The van der Waals surface area contributed by atoms with Crippen molar-refractivity contribution in [1.82, 2.24) is 0 Å². The number of fused-ring (bicyclic) bond motifs is 1. The van der Waals surface area contributed by atoms with Gasteiger partial charge in [0.25, 0.3) is 0 Å². The summed E-state index contributed by atoms with van der Waals surface area (Å²) in [6.45, 7) is 5.45. The zero-order valence-corrected chi connectivity index (χ0v) is 10.6. The molecule has 1 heterocycles. The van der Waals surface area contributed by atoms with Gasteiger partial charge in [-0.2, -0.15) is 0 Å². The minimum absolute atomic E-state index is 0.111. The van der Waals surface area contributed by atoms with Crippen LogP contribution in [0.2, 0.25) is 0 Å². The van der Waals surface area contributed by atoms with Crippen molar-refractivity contribution in [2.24, 2.45) is 0 Å². The highest BCUT2D eigenvalue weighted by Gasteiger charge is 2.28. The third-order valence-electron chi connectivity index (χ3n) is 3.38. The highest BCUT2D eigenvalue weighted by Crippen LogP contribution is 2.38. The maximum absolute atomic E-state index is 8.71. The first-order valence-corrected chi connectivity index (χ1v) is 6.15. The summed E-state index contributed by atoms with van der Waals surface area (Å²) >= 11 is 0. The summed E-state index contributed by atoms with van der Waals surface area (Å²) in [5.74, 6) is 1.02. The molecule has 0 fully saturated rings. The molecule has 17 heavy (non-hydrogen) atoms. The third-order valence-corrected chi connectivity index (χ3v) is 3.38. The Kier molecular flexibility index (Phi) is 3.53. The normalized spacial score (nSPS) is 17.8. The van der Waals surface area contributed by atoms with Crippen LogP contribution in [0.5, 0.6) is 5.75 Å². The Morgan fingerprint density at radius 1 is 1.35 bits per heavy atom. The second-order valence-electron chi connectivity index (χ2n) is 5.17. The van der Waals surface area contributed by atoms with E-state index < -0.39 is 0 Å². The molecule has 92 valence electrons. The van der Waals surface area contributed by atoms with Crippen LogP contribution in [0.1, 0.15) is 31.4 Å². The van der Waals surface area contributed by atoms with Gasteiger partial charge in [0, 0.05) is 5.56 Å². The van der Waals surface area contributed by atoms with Crippen LogP contribution >= 0.6 is 0 Å². The predicted molar refractivity (Wildman–Crippen MR) is 69.5 cm³/mol. The van der Waals surface area contributed by atoms with Crippen LogP contribution in [0.15, 0.2) is 30.4 Å². The summed E-state index contributed by atoms with van der Waals surface area (Å²) in [6.07, 6.45) is 5.71. The Balaban J connectivity index is 2.25. The average molecular weight is 232 g/mol. The molecule has 1 aromatic rings. The molecule has 0 aliphatic carbocycles. The van der Waals surface area contributed by atoms with Crippen LogP contribution in [0.25, 0.3) is 0 Å². The number of benzene rings is 1. The summed E-state index contributed by atoms with van der Waals surface area (Å²) in [5, 5.41) is 8.71. The van der Waals surface area contributed by atoms with E-state index in [-0.39, 0.29) is 12.0 Å². The number of hydrogen-bond donors (Lipinski definition) is 1. The molecule has 1 aliphatic rings. The van der Waals surface area contributed by atoms with Crippen molar-refractivity contribution in [1.29, 1.82) is 0 Å². The Hall–Kier alpha value is -1.28. The van der Waals surface area contributed by atoms with Crippen molar-refractivity contribution in [3.05, 3.63) is 41.5 Å². The van der Waals surface area contributed by atoms with Gasteiger partial charge in [0.2, 0.25) is 0 Å². The van der Waals surface area contributed by atoms with E-state index in [1.54, 1.807) is 6.08 Å². The quantitative estimate of drug-likeness (QED) is 0.812. The van der Waals surface area contributed by atoms with Crippen LogP contribution in [-0.4, -0.2) is 18.3 Å². The van der Waals surface area contributed by atoms with E-state index in [0.717, 1.165) is 25.2 Å². The van der Waals surface area contributed by atoms with Crippen molar-refractivity contribution < 1.29 is 9.84 Å². The lowest BCUT2D eigenvalue weighted by molar-refractivity contribution is 0.234. The molecule has 0 saturated carbocycles. The van der Waals surface area contributed by atoms with E-state index in [0.29, 0.717) is 0 Å². The predicted octanol–water partition coefficient (Wildman–Crippen LogP) is 2.84. The molecule has 0 radical (unpaired) electrons. The fourth-order valence-electron chi connectivity index (χ4n) is 2.20. The van der Waals surface area contributed by atoms with E-state index in [4.69, 9.17) is 9.84 Å².